The summed E-state index contributed by atoms with van der Waals surface area (Å²) in [5.41, 5.74) is 1.15. The van der Waals surface area contributed by atoms with Crippen LogP contribution in [0.4, 0.5) is 4.79 Å². The van der Waals surface area contributed by atoms with E-state index < -0.39 is 12.2 Å². The maximum atomic E-state index is 11.9. The number of amides is 1. The van der Waals surface area contributed by atoms with Gasteiger partial charge in [0.1, 0.15) is 6.10 Å². The molecule has 2 aromatic rings. The smallest absolute Gasteiger partial charge is 0.404 e. The van der Waals surface area contributed by atoms with E-state index in [0.717, 1.165) is 19.3 Å². The van der Waals surface area contributed by atoms with Crippen LogP contribution in [0.5, 0.6) is 0 Å². The minimum absolute atomic E-state index is 0.271. The molecule has 2 aromatic carbocycles. The quantitative estimate of drug-likeness (QED) is 0.523. The van der Waals surface area contributed by atoms with Crippen LogP contribution in [0.15, 0.2) is 60.7 Å². The molecule has 0 aliphatic rings. The van der Waals surface area contributed by atoms with E-state index in [4.69, 9.17) is 5.11 Å². The van der Waals surface area contributed by atoms with Crippen LogP contribution in [0.2, 0.25) is 0 Å². The van der Waals surface area contributed by atoms with Gasteiger partial charge >= 0.3 is 6.09 Å². The molecule has 3 N–H and O–H groups in total. The van der Waals surface area contributed by atoms with E-state index >= 15 is 0 Å². The van der Waals surface area contributed by atoms with E-state index in [-0.39, 0.29) is 5.78 Å². The predicted molar refractivity (Wildman–Crippen MR) is 97.7 cm³/mol. The SMILES string of the molecule is CCCCCNC(=O)O.O=C(c1ccccc1)C(O)c1ccccc1. The summed E-state index contributed by atoms with van der Waals surface area (Å²) < 4.78 is 0. The van der Waals surface area contributed by atoms with E-state index in [2.05, 4.69) is 12.2 Å². The maximum Gasteiger partial charge on any atom is 0.404 e. The Bertz CT molecular complexity index is 629. The molecule has 0 radical (unpaired) electrons. The molecule has 0 aliphatic carbocycles. The predicted octanol–water partition coefficient (Wildman–Crippen LogP) is 4.05. The molecule has 0 saturated carbocycles. The van der Waals surface area contributed by atoms with Crippen LogP contribution >= 0.6 is 0 Å². The lowest BCUT2D eigenvalue weighted by molar-refractivity contribution is 0.0747. The van der Waals surface area contributed by atoms with E-state index in [1.807, 2.05) is 12.1 Å². The Labute approximate surface area is 148 Å². The third-order valence-electron chi connectivity index (χ3n) is 3.48. The van der Waals surface area contributed by atoms with Crippen LogP contribution in [-0.4, -0.2) is 28.6 Å². The molecule has 0 fully saturated rings. The number of hydrogen-bond donors (Lipinski definition) is 3. The Morgan fingerprint density at radius 1 is 0.960 bits per heavy atom. The number of unbranched alkanes of at least 4 members (excludes halogenated alkanes) is 2. The zero-order valence-electron chi connectivity index (χ0n) is 14.4. The molecule has 0 aliphatic heterocycles. The van der Waals surface area contributed by atoms with E-state index in [1.54, 1.807) is 48.5 Å². The van der Waals surface area contributed by atoms with Crippen LogP contribution in [0, 0.1) is 0 Å². The lowest BCUT2D eigenvalue weighted by atomic mass is 10.0. The number of aliphatic hydroxyl groups is 1. The molecule has 5 heteroatoms. The number of benzene rings is 2. The average Bonchev–Trinajstić information content (AvgIpc) is 2.66. The molecule has 5 nitrogen and oxygen atoms in total. The fourth-order valence-corrected chi connectivity index (χ4v) is 2.12. The zero-order chi connectivity index (χ0) is 18.5. The van der Waals surface area contributed by atoms with Crippen molar-refractivity contribution in [2.45, 2.75) is 32.3 Å². The molecule has 1 unspecified atom stereocenters. The van der Waals surface area contributed by atoms with E-state index in [0.29, 0.717) is 17.7 Å². The van der Waals surface area contributed by atoms with Gasteiger partial charge in [0.2, 0.25) is 0 Å². The first-order valence-corrected chi connectivity index (χ1v) is 8.35. The number of rotatable bonds is 7. The summed E-state index contributed by atoms with van der Waals surface area (Å²) in [6.45, 7) is 2.67. The third-order valence-corrected chi connectivity index (χ3v) is 3.48. The number of carbonyl (C=O) groups is 2. The molecule has 0 heterocycles. The highest BCUT2D eigenvalue weighted by Crippen LogP contribution is 2.17. The van der Waals surface area contributed by atoms with E-state index in [1.165, 1.54) is 0 Å². The zero-order valence-corrected chi connectivity index (χ0v) is 14.4. The van der Waals surface area contributed by atoms with Crippen molar-refractivity contribution in [2.24, 2.45) is 0 Å². The molecular weight excluding hydrogens is 318 g/mol. The van der Waals surface area contributed by atoms with Gasteiger partial charge in [0.25, 0.3) is 0 Å². The van der Waals surface area contributed by atoms with Gasteiger partial charge < -0.3 is 15.5 Å². The molecule has 2 rings (SSSR count). The summed E-state index contributed by atoms with van der Waals surface area (Å²) in [5.74, 6) is -0.271. The standard InChI is InChI=1S/C14H12O2.C6H13NO2/c15-13(11-7-3-1-4-8-11)14(16)12-9-5-2-6-10-12;1-2-3-4-5-7-6(8)9/h1-10,13,15H;7H,2-5H2,1H3,(H,8,9). The van der Waals surface area contributed by atoms with Gasteiger partial charge in [-0.25, -0.2) is 4.79 Å². The maximum absolute atomic E-state index is 11.9. The first-order chi connectivity index (χ1) is 12.1. The average molecular weight is 343 g/mol. The summed E-state index contributed by atoms with van der Waals surface area (Å²) in [5, 5.41) is 20.3. The van der Waals surface area contributed by atoms with Gasteiger partial charge in [-0.2, -0.15) is 0 Å². The number of nitrogens with one attached hydrogen (secondary N) is 1. The second kappa shape index (κ2) is 11.8. The normalized spacial score (nSPS) is 11.0. The number of carboxylic acid groups (broad SMARTS) is 1. The Balaban J connectivity index is 0.000000299. The summed E-state index contributed by atoms with van der Waals surface area (Å²) in [4.78, 5) is 21.7. The van der Waals surface area contributed by atoms with Crippen molar-refractivity contribution >= 4 is 11.9 Å². The lowest BCUT2D eigenvalue weighted by Gasteiger charge is -2.09. The van der Waals surface area contributed by atoms with Crippen molar-refractivity contribution in [2.75, 3.05) is 6.54 Å². The van der Waals surface area contributed by atoms with Crippen LogP contribution in [0.1, 0.15) is 48.2 Å². The second-order valence-corrected chi connectivity index (χ2v) is 5.48. The van der Waals surface area contributed by atoms with Gasteiger partial charge in [0.05, 0.1) is 0 Å². The minimum Gasteiger partial charge on any atom is -0.465 e. The molecule has 0 aromatic heterocycles. The Morgan fingerprint density at radius 3 is 2.04 bits per heavy atom. The van der Waals surface area contributed by atoms with E-state index in [9.17, 15) is 14.7 Å². The third kappa shape index (κ3) is 8.13. The largest absolute Gasteiger partial charge is 0.465 e. The minimum atomic E-state index is -1.08. The van der Waals surface area contributed by atoms with Crippen molar-refractivity contribution in [1.29, 1.82) is 0 Å². The van der Waals surface area contributed by atoms with Crippen LogP contribution in [0.3, 0.4) is 0 Å². The van der Waals surface area contributed by atoms with Crippen molar-refractivity contribution < 1.29 is 19.8 Å². The van der Waals surface area contributed by atoms with Crippen molar-refractivity contribution in [1.82, 2.24) is 5.32 Å². The van der Waals surface area contributed by atoms with Gasteiger partial charge in [-0.05, 0) is 12.0 Å². The number of ketones is 1. The van der Waals surface area contributed by atoms with Gasteiger partial charge in [0, 0.05) is 12.1 Å². The number of Topliss-reactive ketones (excluding diaryl/α,β-unsaturated/α-hetero) is 1. The summed E-state index contributed by atoms with van der Waals surface area (Å²) in [6, 6.07) is 17.7. The Morgan fingerprint density at radius 2 is 1.52 bits per heavy atom. The highest BCUT2D eigenvalue weighted by molar-refractivity contribution is 5.99. The van der Waals surface area contributed by atoms with Gasteiger partial charge in [-0.15, -0.1) is 0 Å². The van der Waals surface area contributed by atoms with Crippen molar-refractivity contribution in [3.63, 3.8) is 0 Å². The van der Waals surface area contributed by atoms with Crippen molar-refractivity contribution in [3.05, 3.63) is 71.8 Å². The van der Waals surface area contributed by atoms with Crippen LogP contribution in [0.25, 0.3) is 0 Å². The molecule has 25 heavy (non-hydrogen) atoms. The molecule has 0 bridgehead atoms. The molecule has 0 spiro atoms. The highest BCUT2D eigenvalue weighted by atomic mass is 16.4. The first kappa shape index (κ1) is 20.4. The Hall–Kier alpha value is -2.66. The Kier molecular flexibility index (Phi) is 9.63. The summed E-state index contributed by atoms with van der Waals surface area (Å²) in [7, 11) is 0. The lowest BCUT2D eigenvalue weighted by Crippen LogP contribution is -2.21. The molecule has 0 saturated heterocycles. The molecular formula is C20H25NO4. The number of hydrogen-bond acceptors (Lipinski definition) is 3. The fourth-order valence-electron chi connectivity index (χ4n) is 2.12. The van der Waals surface area contributed by atoms with Gasteiger partial charge in [-0.1, -0.05) is 80.4 Å². The molecule has 1 atom stereocenters. The highest BCUT2D eigenvalue weighted by Gasteiger charge is 2.18. The number of carbonyl (C=O) groups excluding carboxylic acids is 1. The van der Waals surface area contributed by atoms with Gasteiger partial charge in [-0.3, -0.25) is 4.79 Å². The van der Waals surface area contributed by atoms with Crippen LogP contribution in [-0.2, 0) is 0 Å². The molecule has 1 amide bonds. The topological polar surface area (TPSA) is 86.6 Å². The second-order valence-electron chi connectivity index (χ2n) is 5.48. The van der Waals surface area contributed by atoms with Crippen LogP contribution < -0.4 is 5.32 Å². The monoisotopic (exact) mass is 343 g/mol. The summed E-state index contributed by atoms with van der Waals surface area (Å²) in [6.07, 6.45) is 1.17. The van der Waals surface area contributed by atoms with Crippen molar-refractivity contribution in [3.8, 4) is 0 Å². The first-order valence-electron chi connectivity index (χ1n) is 8.35. The molecule has 134 valence electrons. The number of aliphatic hydroxyl groups excluding tert-OH is 1. The fraction of sp³-hybridized carbons (Fsp3) is 0.300. The van der Waals surface area contributed by atoms with Gasteiger partial charge in [0.15, 0.2) is 5.78 Å². The summed E-state index contributed by atoms with van der Waals surface area (Å²) >= 11 is 0.